The molecule has 0 amide bonds. The Labute approximate surface area is 112 Å². The SMILES string of the molecule is CCNC(=NCCCCN(CC)CC)NC1CC1. The van der Waals surface area contributed by atoms with E-state index in [1.165, 1.54) is 32.2 Å². The lowest BCUT2D eigenvalue weighted by Gasteiger charge is -2.17. The average Bonchev–Trinajstić information content (AvgIpc) is 3.18. The Morgan fingerprint density at radius 3 is 2.44 bits per heavy atom. The second-order valence-electron chi connectivity index (χ2n) is 4.91. The van der Waals surface area contributed by atoms with Crippen LogP contribution in [-0.4, -0.2) is 49.6 Å². The third-order valence-corrected chi connectivity index (χ3v) is 3.31. The maximum absolute atomic E-state index is 4.62. The zero-order chi connectivity index (χ0) is 13.2. The third kappa shape index (κ3) is 6.84. The van der Waals surface area contributed by atoms with E-state index in [4.69, 9.17) is 0 Å². The molecule has 1 saturated carbocycles. The minimum absolute atomic E-state index is 0.679. The normalized spacial score (nSPS) is 16.1. The van der Waals surface area contributed by atoms with Gasteiger partial charge in [0.25, 0.3) is 0 Å². The summed E-state index contributed by atoms with van der Waals surface area (Å²) in [4.78, 5) is 7.09. The lowest BCUT2D eigenvalue weighted by Crippen LogP contribution is -2.38. The van der Waals surface area contributed by atoms with E-state index in [1.54, 1.807) is 0 Å². The Kier molecular flexibility index (Phi) is 7.81. The first-order valence-corrected chi connectivity index (χ1v) is 7.57. The lowest BCUT2D eigenvalue weighted by atomic mass is 10.3. The van der Waals surface area contributed by atoms with Gasteiger partial charge in [0.2, 0.25) is 0 Å². The predicted molar refractivity (Wildman–Crippen MR) is 79.2 cm³/mol. The first kappa shape index (κ1) is 15.3. The maximum atomic E-state index is 4.62. The Morgan fingerprint density at radius 1 is 1.17 bits per heavy atom. The van der Waals surface area contributed by atoms with Gasteiger partial charge in [-0.3, -0.25) is 4.99 Å². The quantitative estimate of drug-likeness (QED) is 0.375. The first-order valence-electron chi connectivity index (χ1n) is 7.57. The standard InChI is InChI=1S/C14H30N4/c1-4-15-14(17-13-9-10-13)16-11-7-8-12-18(5-2)6-3/h13H,4-12H2,1-3H3,(H2,15,16,17). The summed E-state index contributed by atoms with van der Waals surface area (Å²) in [6, 6.07) is 0.679. The second-order valence-corrected chi connectivity index (χ2v) is 4.91. The van der Waals surface area contributed by atoms with Crippen LogP contribution in [0.25, 0.3) is 0 Å². The van der Waals surface area contributed by atoms with Gasteiger partial charge in [-0.05, 0) is 52.2 Å². The minimum atomic E-state index is 0.679. The molecule has 106 valence electrons. The van der Waals surface area contributed by atoms with Crippen LogP contribution in [-0.2, 0) is 0 Å². The van der Waals surface area contributed by atoms with Crippen LogP contribution >= 0.6 is 0 Å². The van der Waals surface area contributed by atoms with Gasteiger partial charge in [0.05, 0.1) is 0 Å². The fourth-order valence-corrected chi connectivity index (χ4v) is 1.92. The molecule has 4 heteroatoms. The molecule has 2 N–H and O–H groups in total. The molecule has 0 spiro atoms. The van der Waals surface area contributed by atoms with Crippen molar-refractivity contribution in [1.82, 2.24) is 15.5 Å². The summed E-state index contributed by atoms with van der Waals surface area (Å²) in [6.45, 7) is 12.0. The molecule has 0 aromatic rings. The topological polar surface area (TPSA) is 39.7 Å². The molecule has 0 unspecified atom stereocenters. The lowest BCUT2D eigenvalue weighted by molar-refractivity contribution is 0.297. The van der Waals surface area contributed by atoms with Crippen molar-refractivity contribution in [2.75, 3.05) is 32.7 Å². The van der Waals surface area contributed by atoms with Crippen molar-refractivity contribution < 1.29 is 0 Å². The van der Waals surface area contributed by atoms with E-state index in [1.807, 2.05) is 0 Å². The van der Waals surface area contributed by atoms with Crippen LogP contribution in [0, 0.1) is 0 Å². The summed E-state index contributed by atoms with van der Waals surface area (Å²) in [5.41, 5.74) is 0. The molecule has 0 bridgehead atoms. The van der Waals surface area contributed by atoms with E-state index < -0.39 is 0 Å². The summed E-state index contributed by atoms with van der Waals surface area (Å²) in [7, 11) is 0. The molecule has 1 aliphatic carbocycles. The number of rotatable bonds is 9. The van der Waals surface area contributed by atoms with Crippen LogP contribution < -0.4 is 10.6 Å². The highest BCUT2D eigenvalue weighted by molar-refractivity contribution is 5.80. The van der Waals surface area contributed by atoms with Gasteiger partial charge in [0.15, 0.2) is 5.96 Å². The van der Waals surface area contributed by atoms with E-state index in [0.717, 1.165) is 32.1 Å². The van der Waals surface area contributed by atoms with Gasteiger partial charge in [0, 0.05) is 19.1 Å². The monoisotopic (exact) mass is 254 g/mol. The largest absolute Gasteiger partial charge is 0.357 e. The molecule has 0 atom stereocenters. The van der Waals surface area contributed by atoms with Gasteiger partial charge >= 0.3 is 0 Å². The van der Waals surface area contributed by atoms with Crippen LogP contribution in [0.3, 0.4) is 0 Å². The van der Waals surface area contributed by atoms with E-state index >= 15 is 0 Å². The second kappa shape index (κ2) is 9.20. The summed E-state index contributed by atoms with van der Waals surface area (Å²) >= 11 is 0. The molecule has 0 heterocycles. The highest BCUT2D eigenvalue weighted by atomic mass is 15.2. The Bertz CT molecular complexity index is 232. The minimum Gasteiger partial charge on any atom is -0.357 e. The Morgan fingerprint density at radius 2 is 1.89 bits per heavy atom. The number of aliphatic imine (C=N–C) groups is 1. The number of nitrogens with one attached hydrogen (secondary N) is 2. The zero-order valence-electron chi connectivity index (χ0n) is 12.3. The number of nitrogens with zero attached hydrogens (tertiary/aromatic N) is 2. The molecule has 1 aliphatic rings. The van der Waals surface area contributed by atoms with E-state index in [2.05, 4.69) is 41.3 Å². The van der Waals surface area contributed by atoms with Gasteiger partial charge in [0.1, 0.15) is 0 Å². The summed E-state index contributed by atoms with van der Waals surface area (Å²) in [5.74, 6) is 1.00. The van der Waals surface area contributed by atoms with Gasteiger partial charge in [-0.15, -0.1) is 0 Å². The van der Waals surface area contributed by atoms with Gasteiger partial charge in [-0.1, -0.05) is 13.8 Å². The van der Waals surface area contributed by atoms with Crippen molar-refractivity contribution in [2.24, 2.45) is 4.99 Å². The highest BCUT2D eigenvalue weighted by Crippen LogP contribution is 2.18. The molecular weight excluding hydrogens is 224 g/mol. The third-order valence-electron chi connectivity index (χ3n) is 3.31. The molecule has 0 aliphatic heterocycles. The smallest absolute Gasteiger partial charge is 0.191 e. The Balaban J connectivity index is 2.11. The fourth-order valence-electron chi connectivity index (χ4n) is 1.92. The van der Waals surface area contributed by atoms with Gasteiger partial charge in [-0.2, -0.15) is 0 Å². The molecule has 18 heavy (non-hydrogen) atoms. The van der Waals surface area contributed by atoms with Crippen molar-refractivity contribution in [3.8, 4) is 0 Å². The number of guanidine groups is 1. The van der Waals surface area contributed by atoms with Crippen LogP contribution in [0.2, 0.25) is 0 Å². The van der Waals surface area contributed by atoms with Crippen LogP contribution in [0.1, 0.15) is 46.5 Å². The molecule has 1 fully saturated rings. The van der Waals surface area contributed by atoms with Crippen LogP contribution in [0.5, 0.6) is 0 Å². The maximum Gasteiger partial charge on any atom is 0.191 e. The number of hydrogen-bond donors (Lipinski definition) is 2. The zero-order valence-corrected chi connectivity index (χ0v) is 12.3. The van der Waals surface area contributed by atoms with Crippen molar-refractivity contribution in [3.05, 3.63) is 0 Å². The van der Waals surface area contributed by atoms with Gasteiger partial charge < -0.3 is 15.5 Å². The Hall–Kier alpha value is -0.770. The van der Waals surface area contributed by atoms with Gasteiger partial charge in [-0.25, -0.2) is 0 Å². The van der Waals surface area contributed by atoms with Crippen molar-refractivity contribution in [3.63, 3.8) is 0 Å². The molecule has 1 rings (SSSR count). The summed E-state index contributed by atoms with van der Waals surface area (Å²) in [6.07, 6.45) is 5.02. The average molecular weight is 254 g/mol. The van der Waals surface area contributed by atoms with Crippen molar-refractivity contribution >= 4 is 5.96 Å². The first-order chi connectivity index (χ1) is 8.80. The molecule has 0 radical (unpaired) electrons. The molecule has 4 nitrogen and oxygen atoms in total. The van der Waals surface area contributed by atoms with Crippen molar-refractivity contribution in [2.45, 2.75) is 52.5 Å². The molecular formula is C14H30N4. The molecule has 0 aromatic heterocycles. The van der Waals surface area contributed by atoms with Crippen LogP contribution in [0.4, 0.5) is 0 Å². The summed E-state index contributed by atoms with van der Waals surface area (Å²) < 4.78 is 0. The van der Waals surface area contributed by atoms with Crippen LogP contribution in [0.15, 0.2) is 4.99 Å². The van der Waals surface area contributed by atoms with E-state index in [9.17, 15) is 0 Å². The number of hydrogen-bond acceptors (Lipinski definition) is 2. The van der Waals surface area contributed by atoms with E-state index in [-0.39, 0.29) is 0 Å². The number of unbranched alkanes of at least 4 members (excludes halogenated alkanes) is 1. The predicted octanol–water partition coefficient (Wildman–Crippen LogP) is 1.83. The summed E-state index contributed by atoms with van der Waals surface area (Å²) in [5, 5.41) is 6.75. The fraction of sp³-hybridized carbons (Fsp3) is 0.929. The molecule has 0 saturated heterocycles. The van der Waals surface area contributed by atoms with Crippen molar-refractivity contribution in [1.29, 1.82) is 0 Å². The highest BCUT2D eigenvalue weighted by Gasteiger charge is 2.21. The molecule has 0 aromatic carbocycles. The van der Waals surface area contributed by atoms with E-state index in [0.29, 0.717) is 6.04 Å².